The first-order valence-corrected chi connectivity index (χ1v) is 5.95. The summed E-state index contributed by atoms with van der Waals surface area (Å²) in [4.78, 5) is 24.9. The van der Waals surface area contributed by atoms with Gasteiger partial charge in [-0.25, -0.2) is 0 Å². The number of rotatable bonds is 0. The Kier molecular flexibility index (Phi) is 1.85. The normalized spacial score (nSPS) is 13.5. The van der Waals surface area contributed by atoms with Gasteiger partial charge in [-0.15, -0.1) is 0 Å². The lowest BCUT2D eigenvalue weighted by Crippen LogP contribution is -2.20. The topological polar surface area (TPSA) is 47.3 Å². The van der Waals surface area contributed by atoms with Crippen LogP contribution in [0.3, 0.4) is 0 Å². The number of hydrogen-bond donors (Lipinski definition) is 0. The van der Waals surface area contributed by atoms with E-state index >= 15 is 0 Å². The quantitative estimate of drug-likeness (QED) is 0.480. The highest BCUT2D eigenvalue weighted by Gasteiger charge is 2.29. The van der Waals surface area contributed by atoms with E-state index in [2.05, 4.69) is 0 Å². The lowest BCUT2D eigenvalue weighted by atomic mass is 9.83. The highest BCUT2D eigenvalue weighted by Crippen LogP contribution is 2.30. The minimum absolute atomic E-state index is 0.103. The molecule has 90 valence electrons. The van der Waals surface area contributed by atoms with Crippen molar-refractivity contribution in [1.82, 2.24) is 0 Å². The van der Waals surface area contributed by atoms with E-state index in [1.165, 1.54) is 0 Å². The van der Waals surface area contributed by atoms with E-state index in [0.29, 0.717) is 27.8 Å². The molecule has 0 N–H and O–H groups in total. The van der Waals surface area contributed by atoms with Gasteiger partial charge in [0.1, 0.15) is 5.58 Å². The summed E-state index contributed by atoms with van der Waals surface area (Å²) in [6.07, 6.45) is 1.55. The fraction of sp³-hybridized carbons (Fsp3) is 0. The van der Waals surface area contributed by atoms with Gasteiger partial charge in [-0.3, -0.25) is 9.59 Å². The SMILES string of the molecule is O=C1c2ccccc2C(=O)c2cc3occc3cc21. The number of hydrogen-bond acceptors (Lipinski definition) is 3. The predicted molar refractivity (Wildman–Crippen MR) is 69.5 cm³/mol. The molecule has 0 amide bonds. The molecule has 0 radical (unpaired) electrons. The monoisotopic (exact) mass is 248 g/mol. The number of ketones is 2. The third-order valence-electron chi connectivity index (χ3n) is 3.50. The lowest BCUT2D eigenvalue weighted by Gasteiger charge is -2.16. The van der Waals surface area contributed by atoms with Crippen LogP contribution >= 0.6 is 0 Å². The molecule has 19 heavy (non-hydrogen) atoms. The minimum atomic E-state index is -0.122. The first-order valence-electron chi connectivity index (χ1n) is 5.95. The van der Waals surface area contributed by atoms with E-state index in [9.17, 15) is 9.59 Å². The number of fused-ring (bicyclic) bond motifs is 3. The summed E-state index contributed by atoms with van der Waals surface area (Å²) in [6.45, 7) is 0. The van der Waals surface area contributed by atoms with Crippen LogP contribution in [0, 0.1) is 0 Å². The maximum absolute atomic E-state index is 12.4. The maximum atomic E-state index is 12.4. The first kappa shape index (κ1) is 10.3. The van der Waals surface area contributed by atoms with Crippen LogP contribution in [-0.2, 0) is 0 Å². The molecule has 3 nitrogen and oxygen atoms in total. The van der Waals surface area contributed by atoms with Gasteiger partial charge < -0.3 is 4.42 Å². The Labute approximate surface area is 108 Å². The summed E-state index contributed by atoms with van der Waals surface area (Å²) >= 11 is 0. The largest absolute Gasteiger partial charge is 0.464 e. The van der Waals surface area contributed by atoms with Crippen LogP contribution in [0.4, 0.5) is 0 Å². The van der Waals surface area contributed by atoms with Gasteiger partial charge in [0, 0.05) is 27.6 Å². The number of benzene rings is 2. The molecular formula is C16H8O3. The second kappa shape index (κ2) is 3.42. The molecule has 0 saturated heterocycles. The average Bonchev–Trinajstić information content (AvgIpc) is 2.90. The number of furan rings is 1. The second-order valence-corrected chi connectivity index (χ2v) is 4.56. The minimum Gasteiger partial charge on any atom is -0.464 e. The summed E-state index contributed by atoms with van der Waals surface area (Å²) in [5.41, 5.74) is 2.44. The van der Waals surface area contributed by atoms with Crippen molar-refractivity contribution in [1.29, 1.82) is 0 Å². The molecule has 0 saturated carbocycles. The Hall–Kier alpha value is -2.68. The molecule has 3 aromatic rings. The Morgan fingerprint density at radius 1 is 0.737 bits per heavy atom. The van der Waals surface area contributed by atoms with Crippen LogP contribution in [0.5, 0.6) is 0 Å². The van der Waals surface area contributed by atoms with Gasteiger partial charge in [0.2, 0.25) is 0 Å². The van der Waals surface area contributed by atoms with Crippen LogP contribution in [-0.4, -0.2) is 11.6 Å². The second-order valence-electron chi connectivity index (χ2n) is 4.56. The van der Waals surface area contributed by atoms with E-state index in [0.717, 1.165) is 5.39 Å². The number of carbonyl (C=O) groups excluding carboxylic acids is 2. The van der Waals surface area contributed by atoms with Gasteiger partial charge in [0.15, 0.2) is 11.6 Å². The van der Waals surface area contributed by atoms with Crippen molar-refractivity contribution >= 4 is 22.5 Å². The summed E-state index contributed by atoms with van der Waals surface area (Å²) in [5.74, 6) is -0.225. The van der Waals surface area contributed by atoms with E-state index in [1.807, 2.05) is 0 Å². The van der Waals surface area contributed by atoms with Crippen molar-refractivity contribution in [2.75, 3.05) is 0 Å². The molecule has 0 aliphatic heterocycles. The number of carbonyl (C=O) groups is 2. The Balaban J connectivity index is 2.09. The first-order chi connectivity index (χ1) is 9.25. The van der Waals surface area contributed by atoms with E-state index in [1.54, 1.807) is 48.7 Å². The molecule has 1 aliphatic rings. The molecule has 0 spiro atoms. The molecule has 4 rings (SSSR count). The third kappa shape index (κ3) is 1.27. The van der Waals surface area contributed by atoms with Crippen molar-refractivity contribution in [3.8, 4) is 0 Å². The van der Waals surface area contributed by atoms with Gasteiger partial charge in [0.05, 0.1) is 6.26 Å². The van der Waals surface area contributed by atoms with Crippen LogP contribution < -0.4 is 0 Å². The van der Waals surface area contributed by atoms with Crippen molar-refractivity contribution in [3.05, 3.63) is 71.0 Å². The van der Waals surface area contributed by atoms with Gasteiger partial charge in [-0.2, -0.15) is 0 Å². The lowest BCUT2D eigenvalue weighted by molar-refractivity contribution is 0.0979. The molecule has 3 heteroatoms. The summed E-state index contributed by atoms with van der Waals surface area (Å²) in [7, 11) is 0. The highest BCUT2D eigenvalue weighted by atomic mass is 16.3. The summed E-state index contributed by atoms with van der Waals surface area (Å²) in [6, 6.07) is 12.1. The molecule has 0 unspecified atom stereocenters. The van der Waals surface area contributed by atoms with Crippen LogP contribution in [0.2, 0.25) is 0 Å². The standard InChI is InChI=1S/C16H8O3/c17-15-10-3-1-2-4-11(10)16(18)13-8-14-9(5-6-19-14)7-12(13)15/h1-8H. The Bertz CT molecular complexity index is 786. The zero-order valence-electron chi connectivity index (χ0n) is 9.84. The molecule has 2 aromatic carbocycles. The molecule has 1 aromatic heterocycles. The molecule has 0 fully saturated rings. The zero-order valence-corrected chi connectivity index (χ0v) is 9.84. The fourth-order valence-electron chi connectivity index (χ4n) is 2.55. The highest BCUT2D eigenvalue weighted by molar-refractivity contribution is 6.29. The van der Waals surface area contributed by atoms with Crippen LogP contribution in [0.1, 0.15) is 31.8 Å². The van der Waals surface area contributed by atoms with Crippen LogP contribution in [0.15, 0.2) is 53.1 Å². The molecular weight excluding hydrogens is 240 g/mol. The summed E-state index contributed by atoms with van der Waals surface area (Å²) < 4.78 is 5.29. The van der Waals surface area contributed by atoms with E-state index in [4.69, 9.17) is 4.42 Å². The average molecular weight is 248 g/mol. The fourth-order valence-corrected chi connectivity index (χ4v) is 2.55. The molecule has 0 atom stereocenters. The Morgan fingerprint density at radius 3 is 2.05 bits per heavy atom. The smallest absolute Gasteiger partial charge is 0.194 e. The molecule has 1 heterocycles. The van der Waals surface area contributed by atoms with Gasteiger partial charge >= 0.3 is 0 Å². The zero-order chi connectivity index (χ0) is 13.0. The van der Waals surface area contributed by atoms with Gasteiger partial charge in [0.25, 0.3) is 0 Å². The van der Waals surface area contributed by atoms with Crippen molar-refractivity contribution in [2.45, 2.75) is 0 Å². The Morgan fingerprint density at radius 2 is 1.37 bits per heavy atom. The predicted octanol–water partition coefficient (Wildman–Crippen LogP) is 3.21. The van der Waals surface area contributed by atoms with E-state index in [-0.39, 0.29) is 11.6 Å². The van der Waals surface area contributed by atoms with Gasteiger partial charge in [-0.05, 0) is 18.2 Å². The summed E-state index contributed by atoms with van der Waals surface area (Å²) in [5, 5.41) is 0.833. The van der Waals surface area contributed by atoms with Crippen molar-refractivity contribution in [3.63, 3.8) is 0 Å². The van der Waals surface area contributed by atoms with Gasteiger partial charge in [-0.1, -0.05) is 24.3 Å². The van der Waals surface area contributed by atoms with Crippen molar-refractivity contribution in [2.24, 2.45) is 0 Å². The third-order valence-corrected chi connectivity index (χ3v) is 3.50. The molecule has 1 aliphatic carbocycles. The van der Waals surface area contributed by atoms with E-state index < -0.39 is 0 Å². The van der Waals surface area contributed by atoms with Crippen molar-refractivity contribution < 1.29 is 14.0 Å². The maximum Gasteiger partial charge on any atom is 0.194 e. The molecule has 0 bridgehead atoms. The van der Waals surface area contributed by atoms with Crippen LogP contribution in [0.25, 0.3) is 11.0 Å².